The van der Waals surface area contributed by atoms with Crippen molar-refractivity contribution in [1.82, 2.24) is 4.98 Å². The van der Waals surface area contributed by atoms with E-state index in [4.69, 9.17) is 14.8 Å². The van der Waals surface area contributed by atoms with E-state index < -0.39 is 23.1 Å². The molecule has 0 fully saturated rings. The maximum absolute atomic E-state index is 12.8. The van der Waals surface area contributed by atoms with Crippen molar-refractivity contribution < 1.29 is 27.8 Å². The molecule has 0 saturated heterocycles. The first-order chi connectivity index (χ1) is 15.4. The second-order valence-corrected chi connectivity index (χ2v) is 9.86. The van der Waals surface area contributed by atoms with Crippen LogP contribution in [0.4, 0.5) is 13.2 Å². The van der Waals surface area contributed by atoms with Crippen LogP contribution in [0.5, 0.6) is 5.75 Å². The molecular weight excluding hydrogens is 451 g/mol. The number of carboxylic acids is 1. The molecule has 0 unspecified atom stereocenters. The summed E-state index contributed by atoms with van der Waals surface area (Å²) < 4.78 is 44.5. The van der Waals surface area contributed by atoms with Gasteiger partial charge in [0, 0.05) is 22.3 Å². The van der Waals surface area contributed by atoms with Crippen LogP contribution in [-0.4, -0.2) is 22.7 Å². The summed E-state index contributed by atoms with van der Waals surface area (Å²) in [5, 5.41) is 9.54. The monoisotopic (exact) mass is 477 g/mol. The molecular formula is C25H26F3NO3S. The van der Waals surface area contributed by atoms with Gasteiger partial charge in [0.2, 0.25) is 0 Å². The lowest BCUT2D eigenvalue weighted by Gasteiger charge is -2.24. The Kier molecular flexibility index (Phi) is 7.17. The topological polar surface area (TPSA) is 59.4 Å². The van der Waals surface area contributed by atoms with E-state index in [0.29, 0.717) is 29.3 Å². The second kappa shape index (κ2) is 9.55. The maximum Gasteiger partial charge on any atom is 0.416 e. The van der Waals surface area contributed by atoms with Crippen LogP contribution in [0, 0.1) is 13.8 Å². The largest absolute Gasteiger partial charge is 0.493 e. The molecule has 1 aromatic heterocycles. The van der Waals surface area contributed by atoms with Crippen molar-refractivity contribution in [3.05, 3.63) is 69.7 Å². The predicted molar refractivity (Wildman–Crippen MR) is 123 cm³/mol. The number of aliphatic carboxylic acids is 1. The van der Waals surface area contributed by atoms with Crippen LogP contribution in [0.15, 0.2) is 42.5 Å². The van der Waals surface area contributed by atoms with Gasteiger partial charge < -0.3 is 9.84 Å². The van der Waals surface area contributed by atoms with E-state index in [-0.39, 0.29) is 6.42 Å². The van der Waals surface area contributed by atoms with E-state index in [0.717, 1.165) is 33.8 Å². The van der Waals surface area contributed by atoms with Gasteiger partial charge in [-0.1, -0.05) is 32.0 Å². The number of nitrogens with zero attached hydrogens (tertiary/aromatic N) is 1. The highest BCUT2D eigenvalue weighted by Crippen LogP contribution is 2.36. The Morgan fingerprint density at radius 3 is 2.33 bits per heavy atom. The van der Waals surface area contributed by atoms with Crippen LogP contribution < -0.4 is 4.74 Å². The molecule has 1 heterocycles. The van der Waals surface area contributed by atoms with Crippen LogP contribution in [-0.2, 0) is 22.8 Å². The summed E-state index contributed by atoms with van der Waals surface area (Å²) in [6, 6.07) is 10.7. The number of carboxylic acid groups (broad SMARTS) is 1. The van der Waals surface area contributed by atoms with Crippen molar-refractivity contribution >= 4 is 17.3 Å². The summed E-state index contributed by atoms with van der Waals surface area (Å²) in [6.45, 7) is 8.26. The number of aromatic nitrogens is 1. The number of alkyl halides is 3. The quantitative estimate of drug-likeness (QED) is 0.387. The highest BCUT2D eigenvalue weighted by Gasteiger charge is 2.31. The van der Waals surface area contributed by atoms with Gasteiger partial charge in [-0.15, -0.1) is 11.3 Å². The van der Waals surface area contributed by atoms with E-state index in [9.17, 15) is 18.0 Å². The first kappa shape index (κ1) is 24.8. The number of hydrogen-bond donors (Lipinski definition) is 1. The minimum atomic E-state index is -4.37. The molecule has 0 radical (unpaired) electrons. The molecule has 176 valence electrons. The number of ether oxygens (including phenoxy) is 1. The number of hydrogen-bond acceptors (Lipinski definition) is 4. The predicted octanol–water partition coefficient (Wildman–Crippen LogP) is 6.82. The van der Waals surface area contributed by atoms with Crippen molar-refractivity contribution in [1.29, 1.82) is 0 Å². The van der Waals surface area contributed by atoms with Gasteiger partial charge in [0.05, 0.1) is 17.9 Å². The normalized spacial score (nSPS) is 12.1. The number of rotatable bonds is 8. The third-order valence-electron chi connectivity index (χ3n) is 5.42. The van der Waals surface area contributed by atoms with Crippen LogP contribution in [0.3, 0.4) is 0 Å². The zero-order valence-electron chi connectivity index (χ0n) is 18.9. The molecule has 1 N–H and O–H groups in total. The van der Waals surface area contributed by atoms with Gasteiger partial charge in [0.1, 0.15) is 10.8 Å². The Balaban J connectivity index is 1.72. The van der Waals surface area contributed by atoms with Gasteiger partial charge in [0.15, 0.2) is 0 Å². The summed E-state index contributed by atoms with van der Waals surface area (Å²) in [4.78, 5) is 16.5. The lowest BCUT2D eigenvalue weighted by atomic mass is 9.89. The Bertz CT molecular complexity index is 1130. The van der Waals surface area contributed by atoms with Crippen molar-refractivity contribution in [2.24, 2.45) is 0 Å². The number of carbonyl (C=O) groups is 1. The third kappa shape index (κ3) is 6.13. The Morgan fingerprint density at radius 2 is 1.76 bits per heavy atom. The smallest absolute Gasteiger partial charge is 0.416 e. The van der Waals surface area contributed by atoms with E-state index in [2.05, 4.69) is 0 Å². The molecule has 33 heavy (non-hydrogen) atoms. The molecule has 3 aromatic rings. The van der Waals surface area contributed by atoms with Gasteiger partial charge in [-0.25, -0.2) is 4.98 Å². The fraction of sp³-hybridized carbons (Fsp3) is 0.360. The van der Waals surface area contributed by atoms with Gasteiger partial charge in [-0.2, -0.15) is 13.2 Å². The first-order valence-electron chi connectivity index (χ1n) is 10.5. The molecule has 0 spiro atoms. The molecule has 0 saturated carbocycles. The summed E-state index contributed by atoms with van der Waals surface area (Å²) in [6.07, 6.45) is -3.81. The van der Waals surface area contributed by atoms with Crippen LogP contribution in [0.2, 0.25) is 0 Å². The number of aryl methyl sites for hydroxylation is 3. The molecule has 0 aliphatic heterocycles. The average molecular weight is 478 g/mol. The van der Waals surface area contributed by atoms with Gasteiger partial charge in [0.25, 0.3) is 0 Å². The number of thiazole rings is 1. The van der Waals surface area contributed by atoms with Crippen molar-refractivity contribution in [3.8, 4) is 16.3 Å². The number of halogens is 3. The summed E-state index contributed by atoms with van der Waals surface area (Å²) in [7, 11) is 0. The SMILES string of the molecule is Cc1cc(OCC(C)(C)c2nc(-c3ccc(C(F)(F)F)cc3)sc2C)ccc1CCC(=O)O. The second-order valence-electron chi connectivity index (χ2n) is 8.65. The lowest BCUT2D eigenvalue weighted by molar-refractivity contribution is -0.138. The molecule has 0 aliphatic rings. The van der Waals surface area contributed by atoms with Crippen molar-refractivity contribution in [2.45, 2.75) is 52.1 Å². The van der Waals surface area contributed by atoms with Gasteiger partial charge in [-0.05, 0) is 55.7 Å². The highest BCUT2D eigenvalue weighted by molar-refractivity contribution is 7.15. The third-order valence-corrected chi connectivity index (χ3v) is 6.44. The summed E-state index contributed by atoms with van der Waals surface area (Å²) in [5.74, 6) is -0.138. The standard InChI is InChI=1S/C25H26F3NO3S/c1-15-13-20(11-7-17(15)8-12-21(30)31)32-14-24(3,4)22-16(2)33-23(29-22)18-5-9-19(10-6-18)25(26,27)28/h5-7,9-11,13H,8,12,14H2,1-4H3,(H,30,31). The fourth-order valence-corrected chi connectivity index (χ4v) is 4.66. The van der Waals surface area contributed by atoms with Crippen molar-refractivity contribution in [3.63, 3.8) is 0 Å². The molecule has 2 aromatic carbocycles. The minimum absolute atomic E-state index is 0.0818. The molecule has 0 bridgehead atoms. The molecule has 0 amide bonds. The zero-order chi connectivity index (χ0) is 24.4. The van der Waals surface area contributed by atoms with Crippen LogP contribution in [0.25, 0.3) is 10.6 Å². The Labute approximate surface area is 195 Å². The van der Waals surface area contributed by atoms with E-state index in [1.54, 1.807) is 0 Å². The molecule has 8 heteroatoms. The van der Waals surface area contributed by atoms with Crippen molar-refractivity contribution in [2.75, 3.05) is 6.61 Å². The minimum Gasteiger partial charge on any atom is -0.493 e. The average Bonchev–Trinajstić information content (AvgIpc) is 3.13. The summed E-state index contributed by atoms with van der Waals surface area (Å²) >= 11 is 1.45. The van der Waals surface area contributed by atoms with Gasteiger partial charge >= 0.3 is 12.1 Å². The molecule has 0 atom stereocenters. The Hall–Kier alpha value is -2.87. The molecule has 0 aliphatic carbocycles. The van der Waals surface area contributed by atoms with Gasteiger partial charge in [-0.3, -0.25) is 4.79 Å². The molecule has 4 nitrogen and oxygen atoms in total. The van der Waals surface area contributed by atoms with E-state index in [1.165, 1.54) is 23.5 Å². The highest BCUT2D eigenvalue weighted by atomic mass is 32.1. The maximum atomic E-state index is 12.8. The summed E-state index contributed by atoms with van der Waals surface area (Å²) in [5.41, 5.74) is 2.32. The Morgan fingerprint density at radius 1 is 1.09 bits per heavy atom. The number of benzene rings is 2. The first-order valence-corrected chi connectivity index (χ1v) is 11.3. The fourth-order valence-electron chi connectivity index (χ4n) is 3.56. The van der Waals surface area contributed by atoms with Crippen LogP contribution in [0.1, 0.15) is 47.5 Å². The van der Waals surface area contributed by atoms with E-state index >= 15 is 0 Å². The van der Waals surface area contributed by atoms with Crippen LogP contribution >= 0.6 is 11.3 Å². The van der Waals surface area contributed by atoms with E-state index in [1.807, 2.05) is 45.9 Å². The zero-order valence-corrected chi connectivity index (χ0v) is 19.7. The molecule has 3 rings (SSSR count). The lowest BCUT2D eigenvalue weighted by Crippen LogP contribution is -2.27.